The van der Waals surface area contributed by atoms with E-state index in [-0.39, 0.29) is 12.5 Å². The van der Waals surface area contributed by atoms with E-state index >= 15 is 0 Å². The molecule has 3 N–H and O–H groups in total. The summed E-state index contributed by atoms with van der Waals surface area (Å²) < 4.78 is 0. The standard InChI is InChI=1S/C11H17N3OS/c1-7(5-15)6-16-10-4-9(12)13-11(14-10)8-2-3-8/h4,7-8,15H,2-3,5-6H2,1H3,(H2,12,13,14). The average Bonchev–Trinajstić information content (AvgIpc) is 3.09. The lowest BCUT2D eigenvalue weighted by Crippen LogP contribution is -2.05. The number of aliphatic hydroxyl groups is 1. The first-order chi connectivity index (χ1) is 7.69. The molecule has 0 aromatic carbocycles. The molecule has 0 amide bonds. The van der Waals surface area contributed by atoms with E-state index in [4.69, 9.17) is 10.8 Å². The van der Waals surface area contributed by atoms with Gasteiger partial charge in [-0.25, -0.2) is 9.97 Å². The van der Waals surface area contributed by atoms with Gasteiger partial charge in [0.25, 0.3) is 0 Å². The fourth-order valence-corrected chi connectivity index (χ4v) is 2.26. The van der Waals surface area contributed by atoms with Crippen molar-refractivity contribution in [2.24, 2.45) is 5.92 Å². The van der Waals surface area contributed by atoms with E-state index < -0.39 is 0 Å². The smallest absolute Gasteiger partial charge is 0.135 e. The molecule has 16 heavy (non-hydrogen) atoms. The molecule has 0 aliphatic heterocycles. The molecule has 1 heterocycles. The molecule has 4 nitrogen and oxygen atoms in total. The Balaban J connectivity index is 2.02. The molecule has 0 bridgehead atoms. The first-order valence-electron chi connectivity index (χ1n) is 5.57. The quantitative estimate of drug-likeness (QED) is 0.604. The number of nitrogens with two attached hydrogens (primary N) is 1. The largest absolute Gasteiger partial charge is 0.396 e. The molecule has 1 atom stereocenters. The van der Waals surface area contributed by atoms with Crippen LogP contribution in [-0.2, 0) is 0 Å². The van der Waals surface area contributed by atoms with Crippen LogP contribution in [0.4, 0.5) is 5.82 Å². The maximum atomic E-state index is 8.95. The minimum atomic E-state index is 0.211. The van der Waals surface area contributed by atoms with Gasteiger partial charge in [-0.05, 0) is 18.8 Å². The second-order valence-electron chi connectivity index (χ2n) is 4.36. The number of nitrogen functional groups attached to an aromatic ring is 1. The zero-order chi connectivity index (χ0) is 11.5. The van der Waals surface area contributed by atoms with Gasteiger partial charge in [0.2, 0.25) is 0 Å². The molecule has 2 rings (SSSR count). The minimum Gasteiger partial charge on any atom is -0.396 e. The molecule has 0 radical (unpaired) electrons. The predicted octanol–water partition coefficient (Wildman–Crippen LogP) is 1.66. The molecule has 1 aliphatic rings. The Bertz CT molecular complexity index is 368. The highest BCUT2D eigenvalue weighted by atomic mass is 32.2. The van der Waals surface area contributed by atoms with Gasteiger partial charge in [0.05, 0.1) is 0 Å². The van der Waals surface area contributed by atoms with Crippen molar-refractivity contribution in [1.29, 1.82) is 0 Å². The summed E-state index contributed by atoms with van der Waals surface area (Å²) in [4.78, 5) is 8.74. The number of nitrogens with zero attached hydrogens (tertiary/aromatic N) is 2. The minimum absolute atomic E-state index is 0.211. The van der Waals surface area contributed by atoms with Gasteiger partial charge >= 0.3 is 0 Å². The Morgan fingerprint density at radius 2 is 2.31 bits per heavy atom. The Morgan fingerprint density at radius 3 is 2.94 bits per heavy atom. The molecule has 1 fully saturated rings. The topological polar surface area (TPSA) is 72.0 Å². The third-order valence-electron chi connectivity index (χ3n) is 2.51. The molecule has 5 heteroatoms. The predicted molar refractivity (Wildman–Crippen MR) is 65.4 cm³/mol. The summed E-state index contributed by atoms with van der Waals surface area (Å²) in [6.07, 6.45) is 2.36. The van der Waals surface area contributed by atoms with Crippen molar-refractivity contribution >= 4 is 17.6 Å². The zero-order valence-corrected chi connectivity index (χ0v) is 10.2. The van der Waals surface area contributed by atoms with Gasteiger partial charge in [0.15, 0.2) is 0 Å². The fraction of sp³-hybridized carbons (Fsp3) is 0.636. The van der Waals surface area contributed by atoms with E-state index in [0.717, 1.165) is 16.6 Å². The Morgan fingerprint density at radius 1 is 1.56 bits per heavy atom. The van der Waals surface area contributed by atoms with E-state index in [1.807, 2.05) is 6.92 Å². The van der Waals surface area contributed by atoms with Crippen molar-refractivity contribution in [1.82, 2.24) is 9.97 Å². The molecular formula is C11H17N3OS. The lowest BCUT2D eigenvalue weighted by molar-refractivity contribution is 0.250. The van der Waals surface area contributed by atoms with Crippen LogP contribution in [0.5, 0.6) is 0 Å². The average molecular weight is 239 g/mol. The normalized spacial score (nSPS) is 17.4. The second-order valence-corrected chi connectivity index (χ2v) is 5.40. The lowest BCUT2D eigenvalue weighted by atomic mass is 10.2. The summed E-state index contributed by atoms with van der Waals surface area (Å²) >= 11 is 1.64. The SMILES string of the molecule is CC(CO)CSc1cc(N)nc(C2CC2)n1. The molecule has 1 unspecified atom stereocenters. The molecule has 1 aromatic heterocycles. The van der Waals surface area contributed by atoms with Crippen molar-refractivity contribution in [2.75, 3.05) is 18.1 Å². The Hall–Kier alpha value is -0.810. The van der Waals surface area contributed by atoms with Gasteiger partial charge in [0, 0.05) is 24.3 Å². The fourth-order valence-electron chi connectivity index (χ4n) is 1.34. The van der Waals surface area contributed by atoms with Gasteiger partial charge in [-0.15, -0.1) is 11.8 Å². The molecule has 0 saturated heterocycles. The van der Waals surface area contributed by atoms with Crippen molar-refractivity contribution in [3.05, 3.63) is 11.9 Å². The van der Waals surface area contributed by atoms with Crippen LogP contribution in [-0.4, -0.2) is 27.4 Å². The highest BCUT2D eigenvalue weighted by Gasteiger charge is 2.27. The first-order valence-corrected chi connectivity index (χ1v) is 6.55. The maximum Gasteiger partial charge on any atom is 0.135 e. The zero-order valence-electron chi connectivity index (χ0n) is 9.39. The van der Waals surface area contributed by atoms with Crippen LogP contribution in [0.15, 0.2) is 11.1 Å². The van der Waals surface area contributed by atoms with Crippen LogP contribution in [0.3, 0.4) is 0 Å². The number of hydrogen-bond donors (Lipinski definition) is 2. The van der Waals surface area contributed by atoms with Gasteiger partial charge in [-0.1, -0.05) is 6.92 Å². The summed E-state index contributed by atoms with van der Waals surface area (Å²) in [5.41, 5.74) is 5.75. The number of thioether (sulfide) groups is 1. The van der Waals surface area contributed by atoms with Crippen LogP contribution in [0.25, 0.3) is 0 Å². The van der Waals surface area contributed by atoms with Crippen molar-refractivity contribution in [3.63, 3.8) is 0 Å². The van der Waals surface area contributed by atoms with E-state index in [9.17, 15) is 0 Å². The number of aliphatic hydroxyl groups excluding tert-OH is 1. The maximum absolute atomic E-state index is 8.95. The van der Waals surface area contributed by atoms with Crippen molar-refractivity contribution in [3.8, 4) is 0 Å². The third kappa shape index (κ3) is 3.09. The van der Waals surface area contributed by atoms with Gasteiger partial charge in [-0.2, -0.15) is 0 Å². The Labute approximate surface area is 99.7 Å². The summed E-state index contributed by atoms with van der Waals surface area (Å²) in [5, 5.41) is 9.88. The summed E-state index contributed by atoms with van der Waals surface area (Å²) in [6.45, 7) is 2.22. The van der Waals surface area contributed by atoms with Gasteiger partial charge in [-0.3, -0.25) is 0 Å². The van der Waals surface area contributed by atoms with Gasteiger partial charge in [0.1, 0.15) is 16.7 Å². The van der Waals surface area contributed by atoms with E-state index in [1.54, 1.807) is 17.8 Å². The molecule has 88 valence electrons. The molecule has 1 saturated carbocycles. The summed E-state index contributed by atoms with van der Waals surface area (Å²) in [6, 6.07) is 1.81. The summed E-state index contributed by atoms with van der Waals surface area (Å²) in [7, 11) is 0. The van der Waals surface area contributed by atoms with Crippen LogP contribution < -0.4 is 5.73 Å². The van der Waals surface area contributed by atoms with Crippen LogP contribution >= 0.6 is 11.8 Å². The van der Waals surface area contributed by atoms with Gasteiger partial charge < -0.3 is 10.8 Å². The van der Waals surface area contributed by atoms with Crippen LogP contribution in [0, 0.1) is 5.92 Å². The number of hydrogen-bond acceptors (Lipinski definition) is 5. The number of anilines is 1. The van der Waals surface area contributed by atoms with Crippen LogP contribution in [0.1, 0.15) is 31.5 Å². The van der Waals surface area contributed by atoms with Crippen LogP contribution in [0.2, 0.25) is 0 Å². The lowest BCUT2D eigenvalue weighted by Gasteiger charge is -2.08. The molecular weight excluding hydrogens is 222 g/mol. The molecule has 1 aromatic rings. The molecule has 0 spiro atoms. The highest BCUT2D eigenvalue weighted by molar-refractivity contribution is 7.99. The van der Waals surface area contributed by atoms with Crippen molar-refractivity contribution < 1.29 is 5.11 Å². The van der Waals surface area contributed by atoms with E-state index in [2.05, 4.69) is 9.97 Å². The molecule has 1 aliphatic carbocycles. The second kappa shape index (κ2) is 5.01. The monoisotopic (exact) mass is 239 g/mol. The highest BCUT2D eigenvalue weighted by Crippen LogP contribution is 2.38. The summed E-state index contributed by atoms with van der Waals surface area (Å²) in [5.74, 6) is 3.11. The Kier molecular flexibility index (Phi) is 3.66. The van der Waals surface area contributed by atoms with E-state index in [0.29, 0.717) is 11.7 Å². The number of aromatic nitrogens is 2. The number of rotatable bonds is 5. The van der Waals surface area contributed by atoms with E-state index in [1.165, 1.54) is 12.8 Å². The first kappa shape index (κ1) is 11.7. The third-order valence-corrected chi connectivity index (χ3v) is 3.75. The van der Waals surface area contributed by atoms with Crippen molar-refractivity contribution in [2.45, 2.75) is 30.7 Å².